The van der Waals surface area contributed by atoms with Gasteiger partial charge in [-0.1, -0.05) is 13.8 Å². The molecule has 0 unspecified atom stereocenters. The number of carboxylic acids is 1. The lowest BCUT2D eigenvalue weighted by Crippen LogP contribution is -2.06. The Hall–Kier alpha value is -2.17. The van der Waals surface area contributed by atoms with Crippen LogP contribution in [0.25, 0.3) is 5.65 Å². The fourth-order valence-electron chi connectivity index (χ4n) is 1.94. The van der Waals surface area contributed by atoms with Gasteiger partial charge < -0.3 is 5.11 Å². The second-order valence-electron chi connectivity index (χ2n) is 3.99. The predicted molar refractivity (Wildman–Crippen MR) is 66.2 cm³/mol. The summed E-state index contributed by atoms with van der Waals surface area (Å²) in [6.45, 7) is 3.63. The minimum Gasteiger partial charge on any atom is -0.477 e. The van der Waals surface area contributed by atoms with Crippen LogP contribution in [0.2, 0.25) is 0 Å². The monoisotopic (exact) mass is 246 g/mol. The van der Waals surface area contributed by atoms with E-state index in [-0.39, 0.29) is 11.5 Å². The number of aromatic nitrogens is 2. The SMILES string of the molecule is CCC(=O)c1ccc2nc(CC)c(C(=O)O)n2c1. The number of hydrogen-bond acceptors (Lipinski definition) is 3. The lowest BCUT2D eigenvalue weighted by atomic mass is 10.1. The number of pyridine rings is 1. The molecular weight excluding hydrogens is 232 g/mol. The van der Waals surface area contributed by atoms with Crippen LogP contribution in [0.4, 0.5) is 0 Å². The molecule has 0 bridgehead atoms. The Balaban J connectivity index is 2.70. The largest absolute Gasteiger partial charge is 0.477 e. The maximum absolute atomic E-state index is 11.6. The van der Waals surface area contributed by atoms with E-state index < -0.39 is 5.97 Å². The van der Waals surface area contributed by atoms with Gasteiger partial charge >= 0.3 is 5.97 Å². The van der Waals surface area contributed by atoms with Crippen LogP contribution in [0.5, 0.6) is 0 Å². The molecule has 1 N–H and O–H groups in total. The van der Waals surface area contributed by atoms with Gasteiger partial charge in [-0.15, -0.1) is 0 Å². The minimum absolute atomic E-state index is 0.0139. The number of fused-ring (bicyclic) bond motifs is 1. The highest BCUT2D eigenvalue weighted by Gasteiger charge is 2.18. The number of aryl methyl sites for hydroxylation is 1. The average molecular weight is 246 g/mol. The molecule has 5 nitrogen and oxygen atoms in total. The van der Waals surface area contributed by atoms with E-state index in [1.807, 2.05) is 6.92 Å². The van der Waals surface area contributed by atoms with Crippen LogP contribution in [-0.4, -0.2) is 26.2 Å². The zero-order valence-electron chi connectivity index (χ0n) is 10.3. The van der Waals surface area contributed by atoms with Crippen LogP contribution in [0.15, 0.2) is 18.3 Å². The maximum atomic E-state index is 11.6. The van der Waals surface area contributed by atoms with E-state index in [2.05, 4.69) is 4.98 Å². The second-order valence-corrected chi connectivity index (χ2v) is 3.99. The first-order chi connectivity index (χ1) is 8.58. The van der Waals surface area contributed by atoms with Crippen molar-refractivity contribution in [3.63, 3.8) is 0 Å². The Labute approximate surface area is 104 Å². The molecule has 0 amide bonds. The second kappa shape index (κ2) is 4.60. The molecule has 0 fully saturated rings. The van der Waals surface area contributed by atoms with Gasteiger partial charge in [0.05, 0.1) is 5.69 Å². The van der Waals surface area contributed by atoms with Crippen molar-refractivity contribution < 1.29 is 14.7 Å². The molecule has 0 aliphatic heterocycles. The van der Waals surface area contributed by atoms with Crippen molar-refractivity contribution in [1.29, 1.82) is 0 Å². The fourth-order valence-corrected chi connectivity index (χ4v) is 1.94. The van der Waals surface area contributed by atoms with Crippen molar-refractivity contribution in [2.75, 3.05) is 0 Å². The summed E-state index contributed by atoms with van der Waals surface area (Å²) in [6.07, 6.45) is 2.49. The van der Waals surface area contributed by atoms with Gasteiger partial charge in [0.1, 0.15) is 5.65 Å². The molecule has 0 atom stereocenters. The van der Waals surface area contributed by atoms with Gasteiger partial charge in [-0.3, -0.25) is 9.20 Å². The first kappa shape index (κ1) is 12.3. The third-order valence-electron chi connectivity index (χ3n) is 2.87. The molecule has 18 heavy (non-hydrogen) atoms. The zero-order chi connectivity index (χ0) is 13.3. The lowest BCUT2D eigenvalue weighted by Gasteiger charge is -2.01. The van der Waals surface area contributed by atoms with Gasteiger partial charge in [-0.2, -0.15) is 0 Å². The van der Waals surface area contributed by atoms with Crippen LogP contribution in [-0.2, 0) is 6.42 Å². The van der Waals surface area contributed by atoms with Gasteiger partial charge in [-0.25, -0.2) is 9.78 Å². The van der Waals surface area contributed by atoms with Crippen LogP contribution < -0.4 is 0 Å². The van der Waals surface area contributed by atoms with Gasteiger partial charge in [0.15, 0.2) is 11.5 Å². The summed E-state index contributed by atoms with van der Waals surface area (Å²) in [4.78, 5) is 27.1. The number of carbonyl (C=O) groups is 2. The molecule has 2 aromatic rings. The zero-order valence-corrected chi connectivity index (χ0v) is 10.3. The number of rotatable bonds is 4. The van der Waals surface area contributed by atoms with Crippen molar-refractivity contribution >= 4 is 17.4 Å². The van der Waals surface area contributed by atoms with Gasteiger partial charge in [0.25, 0.3) is 0 Å². The van der Waals surface area contributed by atoms with E-state index in [0.717, 1.165) is 0 Å². The van der Waals surface area contributed by atoms with E-state index in [0.29, 0.717) is 29.7 Å². The molecule has 0 radical (unpaired) electrons. The summed E-state index contributed by atoms with van der Waals surface area (Å²) < 4.78 is 1.48. The third kappa shape index (κ3) is 1.88. The van der Waals surface area contributed by atoms with Gasteiger partial charge in [0.2, 0.25) is 0 Å². The van der Waals surface area contributed by atoms with Crippen LogP contribution in [0.3, 0.4) is 0 Å². The van der Waals surface area contributed by atoms with E-state index >= 15 is 0 Å². The van der Waals surface area contributed by atoms with E-state index in [9.17, 15) is 14.7 Å². The Morgan fingerprint density at radius 3 is 2.61 bits per heavy atom. The Morgan fingerprint density at radius 1 is 1.33 bits per heavy atom. The number of Topliss-reactive ketones (excluding diaryl/α,β-unsaturated/α-hetero) is 1. The van der Waals surface area contributed by atoms with E-state index in [4.69, 9.17) is 0 Å². The van der Waals surface area contributed by atoms with Crippen molar-refractivity contribution in [2.45, 2.75) is 26.7 Å². The molecule has 0 aromatic carbocycles. The van der Waals surface area contributed by atoms with Gasteiger partial charge in [-0.05, 0) is 18.6 Å². The molecule has 0 aliphatic rings. The fraction of sp³-hybridized carbons (Fsp3) is 0.308. The molecule has 0 saturated carbocycles. The molecule has 2 rings (SSSR count). The summed E-state index contributed by atoms with van der Waals surface area (Å²) in [6, 6.07) is 3.35. The number of nitrogens with zero attached hydrogens (tertiary/aromatic N) is 2. The third-order valence-corrected chi connectivity index (χ3v) is 2.87. The topological polar surface area (TPSA) is 71.7 Å². The quantitative estimate of drug-likeness (QED) is 0.839. The van der Waals surface area contributed by atoms with Gasteiger partial charge in [0, 0.05) is 18.2 Å². The molecule has 0 saturated heterocycles. The molecule has 2 heterocycles. The molecule has 0 aliphatic carbocycles. The highest BCUT2D eigenvalue weighted by molar-refractivity contribution is 5.96. The van der Waals surface area contributed by atoms with Crippen molar-refractivity contribution in [3.8, 4) is 0 Å². The number of carboxylic acid groups (broad SMARTS) is 1. The summed E-state index contributed by atoms with van der Waals surface area (Å²) >= 11 is 0. The summed E-state index contributed by atoms with van der Waals surface area (Å²) in [5, 5.41) is 9.22. The molecule has 0 spiro atoms. The van der Waals surface area contributed by atoms with Crippen molar-refractivity contribution in [1.82, 2.24) is 9.38 Å². The number of imidazole rings is 1. The average Bonchev–Trinajstić information content (AvgIpc) is 2.75. The number of aromatic carboxylic acids is 1. The number of ketones is 1. The van der Waals surface area contributed by atoms with E-state index in [1.165, 1.54) is 4.40 Å². The molecule has 94 valence electrons. The first-order valence-electron chi connectivity index (χ1n) is 5.86. The van der Waals surface area contributed by atoms with Crippen molar-refractivity contribution in [3.05, 3.63) is 35.3 Å². The smallest absolute Gasteiger partial charge is 0.354 e. The van der Waals surface area contributed by atoms with Crippen LogP contribution in [0.1, 0.15) is 46.8 Å². The minimum atomic E-state index is -1.03. The van der Waals surface area contributed by atoms with E-state index in [1.54, 1.807) is 25.3 Å². The standard InChI is InChI=1S/C13H14N2O3/c1-3-9-12(13(17)18)15-7-8(10(16)4-2)5-6-11(15)14-9/h5-7H,3-4H2,1-2H3,(H,17,18). The Morgan fingerprint density at radius 2 is 2.06 bits per heavy atom. The highest BCUT2D eigenvalue weighted by Crippen LogP contribution is 2.15. The summed E-state index contributed by atoms with van der Waals surface area (Å²) in [7, 11) is 0. The first-order valence-corrected chi connectivity index (χ1v) is 5.86. The lowest BCUT2D eigenvalue weighted by molar-refractivity contribution is 0.0687. The summed E-state index contributed by atoms with van der Waals surface area (Å²) in [5.41, 5.74) is 1.73. The Bertz CT molecular complexity index is 628. The predicted octanol–water partition coefficient (Wildman–Crippen LogP) is 2.19. The highest BCUT2D eigenvalue weighted by atomic mass is 16.4. The normalized spacial score (nSPS) is 10.8. The van der Waals surface area contributed by atoms with Crippen LogP contribution >= 0.6 is 0 Å². The van der Waals surface area contributed by atoms with Crippen LogP contribution in [0, 0.1) is 0 Å². The molecule has 2 aromatic heterocycles. The maximum Gasteiger partial charge on any atom is 0.354 e. The molecular formula is C13H14N2O3. The number of hydrogen-bond donors (Lipinski definition) is 1. The van der Waals surface area contributed by atoms with Crippen molar-refractivity contribution in [2.24, 2.45) is 0 Å². The number of carbonyl (C=O) groups excluding carboxylic acids is 1. The molecule has 5 heteroatoms. The Kier molecular flexibility index (Phi) is 3.14. The summed E-state index contributed by atoms with van der Waals surface area (Å²) in [5.74, 6) is -1.04.